The van der Waals surface area contributed by atoms with Crippen LogP contribution in [0.4, 0.5) is 14.9 Å². The summed E-state index contributed by atoms with van der Waals surface area (Å²) in [5.74, 6) is -1.41. The van der Waals surface area contributed by atoms with Gasteiger partial charge in [-0.15, -0.1) is 0 Å². The normalized spacial score (nSPS) is 22.0. The van der Waals surface area contributed by atoms with Crippen molar-refractivity contribution in [3.05, 3.63) is 29.6 Å². The highest BCUT2D eigenvalue weighted by atomic mass is 19.1. The fraction of sp³-hybridized carbons (Fsp3) is 0.467. The van der Waals surface area contributed by atoms with E-state index in [1.165, 1.54) is 0 Å². The van der Waals surface area contributed by atoms with Crippen LogP contribution in [0.25, 0.3) is 0 Å². The average molecular weight is 294 g/mol. The quantitative estimate of drug-likeness (QED) is 0.880. The Morgan fingerprint density at radius 2 is 2.10 bits per heavy atom. The van der Waals surface area contributed by atoms with Crippen LogP contribution in [-0.2, 0) is 0 Å². The lowest BCUT2D eigenvalue weighted by Gasteiger charge is -2.37. The molecule has 1 aliphatic rings. The maximum atomic E-state index is 13.3. The molecule has 21 heavy (non-hydrogen) atoms. The zero-order valence-corrected chi connectivity index (χ0v) is 12.1. The van der Waals surface area contributed by atoms with E-state index >= 15 is 0 Å². The van der Waals surface area contributed by atoms with E-state index in [1.807, 2.05) is 6.92 Å². The van der Waals surface area contributed by atoms with Crippen LogP contribution in [0.1, 0.15) is 37.0 Å². The van der Waals surface area contributed by atoms with Crippen LogP contribution in [0, 0.1) is 11.7 Å². The van der Waals surface area contributed by atoms with Crippen molar-refractivity contribution in [2.45, 2.75) is 32.7 Å². The molecule has 1 aromatic carbocycles. The van der Waals surface area contributed by atoms with E-state index in [-0.39, 0.29) is 23.3 Å². The summed E-state index contributed by atoms with van der Waals surface area (Å²) in [5, 5.41) is 11.6. The maximum Gasteiger partial charge on any atom is 0.337 e. The summed E-state index contributed by atoms with van der Waals surface area (Å²) in [7, 11) is 0. The van der Waals surface area contributed by atoms with Gasteiger partial charge in [0.25, 0.3) is 0 Å². The fourth-order valence-corrected chi connectivity index (χ4v) is 2.62. The summed E-state index contributed by atoms with van der Waals surface area (Å²) in [4.78, 5) is 25.1. The molecule has 114 valence electrons. The van der Waals surface area contributed by atoms with Gasteiger partial charge in [-0.25, -0.2) is 14.0 Å². The molecule has 0 bridgehead atoms. The van der Waals surface area contributed by atoms with Crippen LogP contribution in [0.2, 0.25) is 0 Å². The van der Waals surface area contributed by atoms with Crippen molar-refractivity contribution in [1.29, 1.82) is 0 Å². The van der Waals surface area contributed by atoms with E-state index in [0.717, 1.165) is 31.0 Å². The summed E-state index contributed by atoms with van der Waals surface area (Å²) >= 11 is 0. The van der Waals surface area contributed by atoms with Gasteiger partial charge in [-0.1, -0.05) is 6.92 Å². The lowest BCUT2D eigenvalue weighted by atomic mass is 9.92. The molecule has 1 aliphatic heterocycles. The first-order valence-electron chi connectivity index (χ1n) is 7.00. The highest BCUT2D eigenvalue weighted by Gasteiger charge is 2.29. The smallest absolute Gasteiger partial charge is 0.337 e. The number of benzene rings is 1. The lowest BCUT2D eigenvalue weighted by molar-refractivity contribution is 0.0698. The van der Waals surface area contributed by atoms with Gasteiger partial charge < -0.3 is 15.3 Å². The minimum Gasteiger partial charge on any atom is -0.478 e. The molecule has 1 fully saturated rings. The number of carbonyl (C=O) groups is 2. The lowest BCUT2D eigenvalue weighted by Crippen LogP contribution is -2.48. The molecule has 1 aromatic rings. The third-order valence-electron chi connectivity index (χ3n) is 4.09. The van der Waals surface area contributed by atoms with E-state index in [0.29, 0.717) is 12.5 Å². The van der Waals surface area contributed by atoms with Gasteiger partial charge >= 0.3 is 12.0 Å². The van der Waals surface area contributed by atoms with Crippen LogP contribution in [0.15, 0.2) is 18.2 Å². The molecule has 1 saturated heterocycles. The van der Waals surface area contributed by atoms with Gasteiger partial charge in [0.05, 0.1) is 11.3 Å². The van der Waals surface area contributed by atoms with Crippen molar-refractivity contribution in [2.75, 3.05) is 11.9 Å². The predicted octanol–water partition coefficient (Wildman–Crippen LogP) is 3.18. The molecule has 1 heterocycles. The summed E-state index contributed by atoms with van der Waals surface area (Å²) in [6, 6.07) is 2.92. The Bertz CT molecular complexity index is 562. The number of anilines is 1. The van der Waals surface area contributed by atoms with Gasteiger partial charge in [0.15, 0.2) is 0 Å². The molecular formula is C15H19FN2O3. The van der Waals surface area contributed by atoms with Gasteiger partial charge in [-0.2, -0.15) is 0 Å². The Hall–Kier alpha value is -2.11. The maximum absolute atomic E-state index is 13.3. The molecule has 5 nitrogen and oxygen atoms in total. The van der Waals surface area contributed by atoms with Crippen LogP contribution in [0.3, 0.4) is 0 Å². The van der Waals surface area contributed by atoms with Gasteiger partial charge in [0, 0.05) is 12.6 Å². The number of aromatic carboxylic acids is 1. The fourth-order valence-electron chi connectivity index (χ4n) is 2.62. The Kier molecular flexibility index (Phi) is 4.45. The molecule has 2 N–H and O–H groups in total. The third kappa shape index (κ3) is 3.32. The first kappa shape index (κ1) is 15.3. The number of urea groups is 1. The van der Waals surface area contributed by atoms with Gasteiger partial charge in [-0.3, -0.25) is 0 Å². The number of nitrogens with one attached hydrogen (secondary N) is 1. The number of halogens is 1. The SMILES string of the molecule is CC1CCCN(C(=O)Nc2cc(F)ccc2C(=O)O)C1C. The van der Waals surface area contributed by atoms with E-state index in [2.05, 4.69) is 12.2 Å². The monoisotopic (exact) mass is 294 g/mol. The standard InChI is InChI=1S/C15H19FN2O3/c1-9-4-3-7-18(10(9)2)15(21)17-13-8-11(16)5-6-12(13)14(19)20/h5-6,8-10H,3-4,7H2,1-2H3,(H,17,21)(H,19,20). The number of likely N-dealkylation sites (tertiary alicyclic amines) is 1. The zero-order chi connectivity index (χ0) is 15.6. The zero-order valence-electron chi connectivity index (χ0n) is 12.1. The highest BCUT2D eigenvalue weighted by Crippen LogP contribution is 2.24. The van der Waals surface area contributed by atoms with Crippen molar-refractivity contribution in [1.82, 2.24) is 4.90 Å². The van der Waals surface area contributed by atoms with Crippen molar-refractivity contribution in [3.8, 4) is 0 Å². The molecule has 2 rings (SSSR count). The summed E-state index contributed by atoms with van der Waals surface area (Å²) < 4.78 is 13.3. The predicted molar refractivity (Wildman–Crippen MR) is 76.9 cm³/mol. The van der Waals surface area contributed by atoms with E-state index in [9.17, 15) is 14.0 Å². The second-order valence-corrected chi connectivity index (χ2v) is 5.48. The molecular weight excluding hydrogens is 275 g/mol. The minimum absolute atomic E-state index is 0.0158. The summed E-state index contributed by atoms with van der Waals surface area (Å²) in [5.41, 5.74) is -0.139. The molecule has 0 spiro atoms. The Labute approximate surface area is 122 Å². The van der Waals surface area contributed by atoms with Crippen molar-refractivity contribution < 1.29 is 19.1 Å². The molecule has 2 unspecified atom stereocenters. The number of amides is 2. The largest absolute Gasteiger partial charge is 0.478 e. The number of carbonyl (C=O) groups excluding carboxylic acids is 1. The number of carboxylic acid groups (broad SMARTS) is 1. The number of piperidine rings is 1. The van der Waals surface area contributed by atoms with Crippen molar-refractivity contribution in [2.24, 2.45) is 5.92 Å². The molecule has 2 atom stereocenters. The molecule has 0 aliphatic carbocycles. The van der Waals surface area contributed by atoms with Gasteiger partial charge in [0.2, 0.25) is 0 Å². The first-order chi connectivity index (χ1) is 9.90. The number of nitrogens with zero attached hydrogens (tertiary/aromatic N) is 1. The van der Waals surface area contributed by atoms with Gasteiger partial charge in [0.1, 0.15) is 5.82 Å². The van der Waals surface area contributed by atoms with E-state index in [1.54, 1.807) is 4.90 Å². The Morgan fingerprint density at radius 1 is 1.38 bits per heavy atom. The van der Waals surface area contributed by atoms with Crippen LogP contribution < -0.4 is 5.32 Å². The number of rotatable bonds is 2. The van der Waals surface area contributed by atoms with Crippen molar-refractivity contribution >= 4 is 17.7 Å². The first-order valence-corrected chi connectivity index (χ1v) is 7.00. The van der Waals surface area contributed by atoms with Crippen LogP contribution in [0.5, 0.6) is 0 Å². The summed E-state index contributed by atoms with van der Waals surface area (Å²) in [6.45, 7) is 4.66. The molecule has 2 amide bonds. The second-order valence-electron chi connectivity index (χ2n) is 5.48. The molecule has 0 radical (unpaired) electrons. The molecule has 0 aromatic heterocycles. The summed E-state index contributed by atoms with van der Waals surface area (Å²) in [6.07, 6.45) is 1.97. The van der Waals surface area contributed by atoms with Crippen molar-refractivity contribution in [3.63, 3.8) is 0 Å². The van der Waals surface area contributed by atoms with E-state index in [4.69, 9.17) is 5.11 Å². The number of hydrogen-bond donors (Lipinski definition) is 2. The molecule has 6 heteroatoms. The topological polar surface area (TPSA) is 69.6 Å². The second kappa shape index (κ2) is 6.11. The van der Waals surface area contributed by atoms with Crippen LogP contribution in [-0.4, -0.2) is 34.6 Å². The molecule has 0 saturated carbocycles. The number of hydrogen-bond acceptors (Lipinski definition) is 2. The Morgan fingerprint density at radius 3 is 2.76 bits per heavy atom. The Balaban J connectivity index is 2.19. The van der Waals surface area contributed by atoms with E-state index < -0.39 is 11.8 Å². The number of carboxylic acids is 1. The highest BCUT2D eigenvalue weighted by molar-refractivity contribution is 6.00. The average Bonchev–Trinajstić information content (AvgIpc) is 2.41. The third-order valence-corrected chi connectivity index (χ3v) is 4.09. The van der Waals surface area contributed by atoms with Crippen LogP contribution >= 0.6 is 0 Å². The minimum atomic E-state index is -1.20. The van der Waals surface area contributed by atoms with Gasteiger partial charge in [-0.05, 0) is 43.9 Å².